The molecule has 0 bridgehead atoms. The summed E-state index contributed by atoms with van der Waals surface area (Å²) in [4.78, 5) is 8.22. The molecule has 106 valence electrons. The molecule has 1 aliphatic rings. The smallest absolute Gasteiger partial charge is 0.204 e. The van der Waals surface area contributed by atoms with Crippen molar-refractivity contribution in [2.75, 3.05) is 31.8 Å². The van der Waals surface area contributed by atoms with Gasteiger partial charge in [0.1, 0.15) is 24.7 Å². The van der Waals surface area contributed by atoms with Crippen LogP contribution in [-0.2, 0) is 0 Å². The van der Waals surface area contributed by atoms with Crippen molar-refractivity contribution < 1.29 is 14.2 Å². The number of rotatable bonds is 4. The lowest BCUT2D eigenvalue weighted by molar-refractivity contribution is 0.165. The van der Waals surface area contributed by atoms with Crippen LogP contribution >= 0.6 is 23.4 Å². The summed E-state index contributed by atoms with van der Waals surface area (Å²) in [6.07, 6.45) is 3.46. The fourth-order valence-corrected chi connectivity index (χ4v) is 2.49. The van der Waals surface area contributed by atoms with Crippen molar-refractivity contribution in [3.63, 3.8) is 0 Å². The van der Waals surface area contributed by atoms with Crippen LogP contribution in [0.3, 0.4) is 0 Å². The van der Waals surface area contributed by atoms with Gasteiger partial charge in [-0.25, -0.2) is 9.97 Å². The molecule has 7 heteroatoms. The van der Waals surface area contributed by atoms with Crippen molar-refractivity contribution in [1.82, 2.24) is 9.97 Å². The number of hydrogen-bond acceptors (Lipinski definition) is 6. The first-order valence-corrected chi connectivity index (χ1v) is 7.93. The minimum absolute atomic E-state index is 0.354. The molecule has 1 aliphatic heterocycles. The molecule has 0 fully saturated rings. The summed E-state index contributed by atoms with van der Waals surface area (Å²) in [5.41, 5.74) is 0.688. The molecule has 2 aromatic rings. The average Bonchev–Trinajstić information content (AvgIpc) is 2.47. The van der Waals surface area contributed by atoms with Gasteiger partial charge in [-0.1, -0.05) is 11.6 Å². The molecule has 0 spiro atoms. The summed E-state index contributed by atoms with van der Waals surface area (Å²) < 4.78 is 17.1. The Labute approximate surface area is 125 Å². The summed E-state index contributed by atoms with van der Waals surface area (Å²) in [7, 11) is 0. The lowest BCUT2D eigenvalue weighted by atomic mass is 10.2. The predicted octanol–water partition coefficient (Wildman–Crippen LogP) is 2.80. The van der Waals surface area contributed by atoms with Crippen LogP contribution in [0.4, 0.5) is 0 Å². The minimum atomic E-state index is 0.354. The van der Waals surface area contributed by atoms with E-state index in [0.29, 0.717) is 53.1 Å². The maximum absolute atomic E-state index is 6.14. The van der Waals surface area contributed by atoms with Crippen molar-refractivity contribution in [1.29, 1.82) is 0 Å². The molecule has 0 amide bonds. The van der Waals surface area contributed by atoms with Crippen LogP contribution in [0, 0.1) is 0 Å². The number of fused-ring (bicyclic) bond motifs is 3. The summed E-state index contributed by atoms with van der Waals surface area (Å²) in [5, 5.41) is 1.02. The van der Waals surface area contributed by atoms with Crippen LogP contribution in [-0.4, -0.2) is 41.8 Å². The molecule has 20 heavy (non-hydrogen) atoms. The molecule has 1 aromatic carbocycles. The number of nitrogens with zero attached hydrogens (tertiary/aromatic N) is 2. The number of aromatic nitrogens is 2. The van der Waals surface area contributed by atoms with Gasteiger partial charge in [-0.2, -0.15) is 11.8 Å². The van der Waals surface area contributed by atoms with Crippen molar-refractivity contribution in [3.05, 3.63) is 17.5 Å². The summed E-state index contributed by atoms with van der Waals surface area (Å²) in [6.45, 7) is 1.56. The first-order valence-electron chi connectivity index (χ1n) is 6.16. The molecule has 0 saturated heterocycles. The van der Waals surface area contributed by atoms with Gasteiger partial charge in [0.15, 0.2) is 11.5 Å². The van der Waals surface area contributed by atoms with Gasteiger partial charge in [-0.15, -0.1) is 0 Å². The van der Waals surface area contributed by atoms with Gasteiger partial charge < -0.3 is 14.2 Å². The number of thioether (sulfide) groups is 1. The monoisotopic (exact) mass is 312 g/mol. The maximum atomic E-state index is 6.14. The molecule has 1 aromatic heterocycles. The normalized spacial score (nSPS) is 13.5. The molecule has 0 saturated carbocycles. The Morgan fingerprint density at radius 2 is 2.10 bits per heavy atom. The highest BCUT2D eigenvalue weighted by Gasteiger charge is 2.23. The fourth-order valence-electron chi connectivity index (χ4n) is 2.02. The fraction of sp³-hybridized carbons (Fsp3) is 0.385. The molecule has 0 aliphatic carbocycles. The van der Waals surface area contributed by atoms with E-state index in [4.69, 9.17) is 25.8 Å². The van der Waals surface area contributed by atoms with E-state index in [1.165, 1.54) is 6.33 Å². The van der Waals surface area contributed by atoms with Gasteiger partial charge in [0.2, 0.25) is 5.75 Å². The second-order valence-electron chi connectivity index (χ2n) is 4.13. The summed E-state index contributed by atoms with van der Waals surface area (Å²) in [6, 6.07) is 1.82. The number of ether oxygens (including phenoxy) is 3. The van der Waals surface area contributed by atoms with E-state index < -0.39 is 0 Å². The molecule has 3 rings (SSSR count). The van der Waals surface area contributed by atoms with E-state index in [1.807, 2.05) is 12.3 Å². The zero-order valence-electron chi connectivity index (χ0n) is 10.9. The van der Waals surface area contributed by atoms with Crippen molar-refractivity contribution in [2.24, 2.45) is 0 Å². The van der Waals surface area contributed by atoms with Crippen LogP contribution < -0.4 is 14.2 Å². The van der Waals surface area contributed by atoms with Gasteiger partial charge >= 0.3 is 0 Å². The first kappa shape index (κ1) is 13.6. The van der Waals surface area contributed by atoms with Crippen molar-refractivity contribution >= 4 is 34.3 Å². The Morgan fingerprint density at radius 3 is 2.90 bits per heavy atom. The molecule has 5 nitrogen and oxygen atoms in total. The van der Waals surface area contributed by atoms with Gasteiger partial charge in [0.05, 0.1) is 17.5 Å². The van der Waals surface area contributed by atoms with Crippen LogP contribution in [0.15, 0.2) is 12.4 Å². The summed E-state index contributed by atoms with van der Waals surface area (Å²) >= 11 is 7.86. The highest BCUT2D eigenvalue weighted by atomic mass is 35.5. The lowest BCUT2D eigenvalue weighted by Gasteiger charge is -2.22. The van der Waals surface area contributed by atoms with E-state index in [1.54, 1.807) is 11.8 Å². The summed E-state index contributed by atoms with van der Waals surface area (Å²) in [5.74, 6) is 2.69. The zero-order chi connectivity index (χ0) is 13.9. The van der Waals surface area contributed by atoms with Crippen LogP contribution in [0.2, 0.25) is 5.15 Å². The highest BCUT2D eigenvalue weighted by Crippen LogP contribution is 2.46. The minimum Gasteiger partial charge on any atom is -0.489 e. The third kappa shape index (κ3) is 2.45. The average molecular weight is 313 g/mol. The zero-order valence-corrected chi connectivity index (χ0v) is 12.5. The molecule has 2 heterocycles. The molecule has 0 N–H and O–H groups in total. The lowest BCUT2D eigenvalue weighted by Crippen LogP contribution is -2.17. The first-order chi connectivity index (χ1) is 9.81. The standard InChI is InChI=1S/C13H13ClN2O3S/c1-20-5-4-17-9-6-8-10(13(14)16-7-15-8)12-11(9)18-2-3-19-12/h6-7H,2-5H2,1H3. The van der Waals surface area contributed by atoms with Gasteiger partial charge in [-0.3, -0.25) is 0 Å². The molecule has 0 radical (unpaired) electrons. The SMILES string of the molecule is CSCCOc1cc2ncnc(Cl)c2c2c1OCCO2. The van der Waals surface area contributed by atoms with Crippen LogP contribution in [0.25, 0.3) is 10.9 Å². The Hall–Kier alpha value is -1.40. The Kier molecular flexibility index (Phi) is 4.03. The molecule has 0 atom stereocenters. The van der Waals surface area contributed by atoms with Crippen molar-refractivity contribution in [2.45, 2.75) is 0 Å². The van der Waals surface area contributed by atoms with Crippen molar-refractivity contribution in [3.8, 4) is 17.2 Å². The Morgan fingerprint density at radius 1 is 1.30 bits per heavy atom. The molecular weight excluding hydrogens is 300 g/mol. The van der Waals surface area contributed by atoms with Gasteiger partial charge in [-0.05, 0) is 6.26 Å². The van der Waals surface area contributed by atoms with Crippen LogP contribution in [0.1, 0.15) is 0 Å². The number of benzene rings is 1. The van der Waals surface area contributed by atoms with Crippen LogP contribution in [0.5, 0.6) is 17.2 Å². The largest absolute Gasteiger partial charge is 0.489 e. The molecule has 0 unspecified atom stereocenters. The quantitative estimate of drug-likeness (QED) is 0.639. The maximum Gasteiger partial charge on any atom is 0.204 e. The van der Waals surface area contributed by atoms with Gasteiger partial charge in [0, 0.05) is 11.8 Å². The third-order valence-electron chi connectivity index (χ3n) is 2.88. The van der Waals surface area contributed by atoms with Gasteiger partial charge in [0.25, 0.3) is 0 Å². The second kappa shape index (κ2) is 5.93. The molecular formula is C13H13ClN2O3S. The van der Waals surface area contributed by atoms with E-state index >= 15 is 0 Å². The highest BCUT2D eigenvalue weighted by molar-refractivity contribution is 7.98. The predicted molar refractivity (Wildman–Crippen MR) is 79.4 cm³/mol. The Balaban J connectivity index is 2.11. The number of hydrogen-bond donors (Lipinski definition) is 0. The van der Waals surface area contributed by atoms with E-state index in [9.17, 15) is 0 Å². The van der Waals surface area contributed by atoms with E-state index in [-0.39, 0.29) is 0 Å². The van der Waals surface area contributed by atoms with E-state index in [0.717, 1.165) is 5.75 Å². The topological polar surface area (TPSA) is 53.5 Å². The van der Waals surface area contributed by atoms with E-state index in [2.05, 4.69) is 9.97 Å². The second-order valence-corrected chi connectivity index (χ2v) is 5.47. The third-order valence-corrected chi connectivity index (χ3v) is 3.74. The number of halogens is 1. The Bertz CT molecular complexity index is 639.